The van der Waals surface area contributed by atoms with Gasteiger partial charge in [-0.05, 0) is 24.5 Å². The Bertz CT molecular complexity index is 774. The van der Waals surface area contributed by atoms with Crippen LogP contribution in [0.4, 0.5) is 5.69 Å². The molecule has 4 nitrogen and oxygen atoms in total. The zero-order valence-electron chi connectivity index (χ0n) is 11.6. The second-order valence-corrected chi connectivity index (χ2v) is 6.48. The van der Waals surface area contributed by atoms with Crippen molar-refractivity contribution in [3.8, 4) is 11.3 Å². The molecule has 21 heavy (non-hydrogen) atoms. The van der Waals surface area contributed by atoms with Crippen LogP contribution in [0.3, 0.4) is 0 Å². The summed E-state index contributed by atoms with van der Waals surface area (Å²) in [4.78, 5) is 17.5. The van der Waals surface area contributed by atoms with E-state index in [1.165, 1.54) is 0 Å². The van der Waals surface area contributed by atoms with E-state index in [0.717, 1.165) is 28.3 Å². The number of hydrogen-bond donors (Lipinski definition) is 1. The van der Waals surface area contributed by atoms with Crippen LogP contribution in [0, 0.1) is 11.8 Å². The minimum absolute atomic E-state index is 0.137. The van der Waals surface area contributed by atoms with Crippen LogP contribution in [0.2, 0.25) is 0 Å². The summed E-state index contributed by atoms with van der Waals surface area (Å²) in [6, 6.07) is 7.87. The van der Waals surface area contributed by atoms with Crippen molar-refractivity contribution in [1.29, 1.82) is 0 Å². The topological polar surface area (TPSA) is 46.4 Å². The normalized spacial score (nSPS) is 20.6. The summed E-state index contributed by atoms with van der Waals surface area (Å²) in [7, 11) is 0. The summed E-state index contributed by atoms with van der Waals surface area (Å²) in [6.07, 6.45) is 5.03. The molecule has 1 fully saturated rings. The van der Waals surface area contributed by atoms with E-state index in [9.17, 15) is 4.79 Å². The first-order chi connectivity index (χ1) is 10.2. The van der Waals surface area contributed by atoms with Gasteiger partial charge in [0, 0.05) is 34.9 Å². The molecule has 1 aliphatic carbocycles. The van der Waals surface area contributed by atoms with Crippen molar-refractivity contribution in [2.45, 2.75) is 13.3 Å². The molecule has 4 rings (SSSR count). The summed E-state index contributed by atoms with van der Waals surface area (Å²) in [6.45, 7) is 2.11. The van der Waals surface area contributed by atoms with Crippen LogP contribution >= 0.6 is 11.3 Å². The molecule has 0 saturated heterocycles. The smallest absolute Gasteiger partial charge is 0.227 e. The summed E-state index contributed by atoms with van der Waals surface area (Å²) >= 11 is 1.62. The van der Waals surface area contributed by atoms with E-state index in [2.05, 4.69) is 17.2 Å². The van der Waals surface area contributed by atoms with Crippen molar-refractivity contribution in [3.05, 3.63) is 42.0 Å². The largest absolute Gasteiger partial charge is 0.326 e. The summed E-state index contributed by atoms with van der Waals surface area (Å²) in [5.74, 6) is 0.866. The molecule has 0 spiro atoms. The number of rotatable bonds is 3. The lowest BCUT2D eigenvalue weighted by molar-refractivity contribution is -0.117. The van der Waals surface area contributed by atoms with E-state index in [4.69, 9.17) is 0 Å². The molecule has 0 unspecified atom stereocenters. The third kappa shape index (κ3) is 2.34. The van der Waals surface area contributed by atoms with Crippen molar-refractivity contribution in [3.63, 3.8) is 0 Å². The number of aromatic nitrogens is 2. The first-order valence-corrected chi connectivity index (χ1v) is 7.92. The quantitative estimate of drug-likeness (QED) is 0.802. The van der Waals surface area contributed by atoms with Gasteiger partial charge in [0.25, 0.3) is 0 Å². The monoisotopic (exact) mass is 297 g/mol. The predicted octanol–water partition coefficient (Wildman–Crippen LogP) is 3.66. The molecule has 1 amide bonds. The fraction of sp³-hybridized carbons (Fsp3) is 0.250. The van der Waals surface area contributed by atoms with Crippen LogP contribution in [0.15, 0.2) is 42.0 Å². The molecule has 106 valence electrons. The number of nitrogens with one attached hydrogen (secondary N) is 1. The SMILES string of the molecule is C[C@H]1C[C@@H]1C(=O)Nc1ccc(-c2cn3ccsc3n2)cc1. The average molecular weight is 297 g/mol. The maximum atomic E-state index is 11.9. The fourth-order valence-corrected chi connectivity index (χ4v) is 3.21. The zero-order valence-corrected chi connectivity index (χ0v) is 12.4. The molecule has 1 N–H and O–H groups in total. The summed E-state index contributed by atoms with van der Waals surface area (Å²) in [5.41, 5.74) is 2.86. The lowest BCUT2D eigenvalue weighted by Gasteiger charge is -2.05. The Morgan fingerprint density at radius 2 is 2.14 bits per heavy atom. The molecule has 2 aromatic heterocycles. The van der Waals surface area contributed by atoms with Crippen molar-refractivity contribution < 1.29 is 4.79 Å². The summed E-state index contributed by atoms with van der Waals surface area (Å²) < 4.78 is 2.02. The molecule has 0 bridgehead atoms. The van der Waals surface area contributed by atoms with Gasteiger partial charge in [-0.1, -0.05) is 19.1 Å². The maximum absolute atomic E-state index is 11.9. The van der Waals surface area contributed by atoms with Gasteiger partial charge in [0.2, 0.25) is 5.91 Å². The minimum Gasteiger partial charge on any atom is -0.326 e. The molecule has 0 aliphatic heterocycles. The third-order valence-corrected chi connectivity index (χ3v) is 4.76. The maximum Gasteiger partial charge on any atom is 0.227 e. The Kier molecular flexibility index (Phi) is 2.82. The molecule has 0 radical (unpaired) electrons. The molecule has 1 aliphatic rings. The van der Waals surface area contributed by atoms with E-state index in [1.54, 1.807) is 11.3 Å². The Morgan fingerprint density at radius 3 is 2.81 bits per heavy atom. The van der Waals surface area contributed by atoms with Gasteiger partial charge in [-0.2, -0.15) is 0 Å². The van der Waals surface area contributed by atoms with Gasteiger partial charge in [0.15, 0.2) is 4.96 Å². The van der Waals surface area contributed by atoms with E-state index < -0.39 is 0 Å². The number of carbonyl (C=O) groups is 1. The van der Waals surface area contributed by atoms with Gasteiger partial charge in [-0.3, -0.25) is 9.20 Å². The van der Waals surface area contributed by atoms with Crippen molar-refractivity contribution in [2.75, 3.05) is 5.32 Å². The Morgan fingerprint density at radius 1 is 1.38 bits per heavy atom. The highest BCUT2D eigenvalue weighted by Crippen LogP contribution is 2.38. The van der Waals surface area contributed by atoms with E-state index >= 15 is 0 Å². The van der Waals surface area contributed by atoms with E-state index in [1.807, 2.05) is 46.4 Å². The first-order valence-electron chi connectivity index (χ1n) is 7.04. The number of fused-ring (bicyclic) bond motifs is 1. The summed E-state index contributed by atoms with van der Waals surface area (Å²) in [5, 5.41) is 4.99. The van der Waals surface area contributed by atoms with Crippen LogP contribution in [-0.2, 0) is 4.79 Å². The van der Waals surface area contributed by atoms with Gasteiger partial charge in [-0.25, -0.2) is 4.98 Å². The molecular formula is C16H15N3OS. The van der Waals surface area contributed by atoms with Crippen LogP contribution < -0.4 is 5.32 Å². The standard InChI is InChI=1S/C16H15N3OS/c1-10-8-13(10)15(20)17-12-4-2-11(3-5-12)14-9-19-6-7-21-16(19)18-14/h2-7,9-10,13H,8H2,1H3,(H,17,20)/t10-,13-/m0/s1. The zero-order chi connectivity index (χ0) is 14.4. The average Bonchev–Trinajstić information content (AvgIpc) is 2.87. The third-order valence-electron chi connectivity index (χ3n) is 3.99. The fourth-order valence-electron chi connectivity index (χ4n) is 2.51. The van der Waals surface area contributed by atoms with Crippen LogP contribution in [0.5, 0.6) is 0 Å². The number of amides is 1. The van der Waals surface area contributed by atoms with E-state index in [-0.39, 0.29) is 11.8 Å². The van der Waals surface area contributed by atoms with Gasteiger partial charge < -0.3 is 5.32 Å². The molecule has 3 aromatic rings. The highest BCUT2D eigenvalue weighted by atomic mass is 32.1. The lowest BCUT2D eigenvalue weighted by Crippen LogP contribution is -2.14. The highest BCUT2D eigenvalue weighted by molar-refractivity contribution is 7.15. The Balaban J connectivity index is 1.53. The van der Waals surface area contributed by atoms with Crippen molar-refractivity contribution in [2.24, 2.45) is 11.8 Å². The molecular weight excluding hydrogens is 282 g/mol. The predicted molar refractivity (Wildman–Crippen MR) is 84.4 cm³/mol. The molecule has 1 aromatic carbocycles. The number of benzene rings is 1. The van der Waals surface area contributed by atoms with Gasteiger partial charge in [0.1, 0.15) is 0 Å². The van der Waals surface area contributed by atoms with Crippen molar-refractivity contribution in [1.82, 2.24) is 9.38 Å². The van der Waals surface area contributed by atoms with Crippen LogP contribution in [0.1, 0.15) is 13.3 Å². The number of imidazole rings is 1. The molecule has 2 atom stereocenters. The number of anilines is 1. The van der Waals surface area contributed by atoms with Crippen LogP contribution in [-0.4, -0.2) is 15.3 Å². The Hall–Kier alpha value is -2.14. The van der Waals surface area contributed by atoms with Crippen molar-refractivity contribution >= 4 is 27.9 Å². The van der Waals surface area contributed by atoms with Gasteiger partial charge >= 0.3 is 0 Å². The minimum atomic E-state index is 0.137. The second-order valence-electron chi connectivity index (χ2n) is 5.61. The van der Waals surface area contributed by atoms with Gasteiger partial charge in [0.05, 0.1) is 5.69 Å². The molecule has 5 heteroatoms. The molecule has 2 heterocycles. The van der Waals surface area contributed by atoms with Gasteiger partial charge in [-0.15, -0.1) is 11.3 Å². The highest BCUT2D eigenvalue weighted by Gasteiger charge is 2.38. The lowest BCUT2D eigenvalue weighted by atomic mass is 10.1. The number of thiazole rings is 1. The van der Waals surface area contributed by atoms with Crippen LogP contribution in [0.25, 0.3) is 16.2 Å². The number of nitrogens with zero attached hydrogens (tertiary/aromatic N) is 2. The Labute approximate surface area is 126 Å². The number of carbonyl (C=O) groups excluding carboxylic acids is 1. The second kappa shape index (κ2) is 4.70. The molecule has 1 saturated carbocycles. The van der Waals surface area contributed by atoms with E-state index in [0.29, 0.717) is 5.92 Å². The first kappa shape index (κ1) is 12.6. The number of hydrogen-bond acceptors (Lipinski definition) is 3.